The minimum Gasteiger partial charge on any atom is -0.481 e. The lowest BCUT2D eigenvalue weighted by Crippen LogP contribution is -2.11. The van der Waals surface area contributed by atoms with Gasteiger partial charge in [0.1, 0.15) is 11.6 Å². The van der Waals surface area contributed by atoms with Crippen LogP contribution in [0.4, 0.5) is 5.82 Å². The Labute approximate surface area is 92.9 Å². The molecule has 0 aliphatic heterocycles. The Morgan fingerprint density at radius 1 is 1.50 bits per heavy atom. The molecule has 2 N–H and O–H groups in total. The normalized spacial score (nSPS) is 9.56. The number of hydrogen-bond donors (Lipinski definition) is 2. The number of aryl methyl sites for hydroxylation is 1. The highest BCUT2D eigenvalue weighted by Gasteiger charge is 2.10. The van der Waals surface area contributed by atoms with Crippen molar-refractivity contribution in [1.82, 2.24) is 10.2 Å². The van der Waals surface area contributed by atoms with Gasteiger partial charge in [0.05, 0.1) is 12.1 Å². The van der Waals surface area contributed by atoms with Crippen LogP contribution < -0.4 is 5.32 Å². The third-order valence-corrected chi connectivity index (χ3v) is 2.20. The van der Waals surface area contributed by atoms with Crippen LogP contribution in [0.5, 0.6) is 0 Å². The van der Waals surface area contributed by atoms with E-state index in [0.29, 0.717) is 17.1 Å². The van der Waals surface area contributed by atoms with E-state index in [-0.39, 0.29) is 13.0 Å². The monoisotopic (exact) mass is 220 g/mol. The molecule has 16 heavy (non-hydrogen) atoms. The highest BCUT2D eigenvalue weighted by Crippen LogP contribution is 2.16. The average Bonchev–Trinajstić information content (AvgIpc) is 2.23. The van der Waals surface area contributed by atoms with Crippen LogP contribution in [0.1, 0.15) is 23.2 Å². The first-order valence-electron chi connectivity index (χ1n) is 4.76. The number of aliphatic carboxylic acids is 1. The standard InChI is InChI=1S/C10H12N4O2/c1-6-7(2)13-14-10(8(6)5-11)12-4-3-9(15)16/h3-4H2,1-2H3,(H,12,14)(H,15,16). The molecular weight excluding hydrogens is 208 g/mol. The minimum absolute atomic E-state index is 0.0283. The van der Waals surface area contributed by atoms with Crippen molar-refractivity contribution in [1.29, 1.82) is 5.26 Å². The lowest BCUT2D eigenvalue weighted by atomic mass is 10.1. The van der Waals surface area contributed by atoms with E-state index in [1.807, 2.05) is 6.07 Å². The van der Waals surface area contributed by atoms with Gasteiger partial charge in [-0.15, -0.1) is 5.10 Å². The van der Waals surface area contributed by atoms with E-state index >= 15 is 0 Å². The molecule has 0 aromatic carbocycles. The van der Waals surface area contributed by atoms with Crippen molar-refractivity contribution in [2.75, 3.05) is 11.9 Å². The van der Waals surface area contributed by atoms with Gasteiger partial charge in [-0.3, -0.25) is 4.79 Å². The van der Waals surface area contributed by atoms with E-state index < -0.39 is 5.97 Å². The van der Waals surface area contributed by atoms with Gasteiger partial charge in [0.15, 0.2) is 5.82 Å². The van der Waals surface area contributed by atoms with E-state index in [1.54, 1.807) is 13.8 Å². The molecule has 1 heterocycles. The van der Waals surface area contributed by atoms with E-state index in [2.05, 4.69) is 15.5 Å². The van der Waals surface area contributed by atoms with Crippen LogP contribution in [0.3, 0.4) is 0 Å². The van der Waals surface area contributed by atoms with Crippen molar-refractivity contribution in [3.8, 4) is 6.07 Å². The second kappa shape index (κ2) is 5.07. The van der Waals surface area contributed by atoms with Gasteiger partial charge < -0.3 is 10.4 Å². The second-order valence-electron chi connectivity index (χ2n) is 3.32. The Morgan fingerprint density at radius 3 is 2.75 bits per heavy atom. The molecule has 6 nitrogen and oxygen atoms in total. The quantitative estimate of drug-likeness (QED) is 0.780. The largest absolute Gasteiger partial charge is 0.481 e. The molecule has 0 fully saturated rings. The molecule has 0 aliphatic rings. The first-order valence-corrected chi connectivity index (χ1v) is 4.76. The topological polar surface area (TPSA) is 98.9 Å². The minimum atomic E-state index is -0.900. The number of aromatic nitrogens is 2. The Morgan fingerprint density at radius 2 is 2.19 bits per heavy atom. The summed E-state index contributed by atoms with van der Waals surface area (Å²) in [5, 5.41) is 27.9. The fourth-order valence-corrected chi connectivity index (χ4v) is 1.16. The van der Waals surface area contributed by atoms with Gasteiger partial charge in [-0.1, -0.05) is 0 Å². The molecule has 1 aromatic rings. The van der Waals surface area contributed by atoms with Gasteiger partial charge in [0.25, 0.3) is 0 Å². The van der Waals surface area contributed by atoms with Gasteiger partial charge >= 0.3 is 5.97 Å². The average molecular weight is 220 g/mol. The third kappa shape index (κ3) is 2.67. The first kappa shape index (κ1) is 11.9. The van der Waals surface area contributed by atoms with Crippen molar-refractivity contribution < 1.29 is 9.90 Å². The molecule has 0 spiro atoms. The fourth-order valence-electron chi connectivity index (χ4n) is 1.16. The highest BCUT2D eigenvalue weighted by molar-refractivity contribution is 5.67. The summed E-state index contributed by atoms with van der Waals surface area (Å²) >= 11 is 0. The molecule has 1 rings (SSSR count). The molecular formula is C10H12N4O2. The summed E-state index contributed by atoms with van der Waals surface area (Å²) < 4.78 is 0. The lowest BCUT2D eigenvalue weighted by molar-refractivity contribution is -0.136. The zero-order valence-electron chi connectivity index (χ0n) is 9.11. The summed E-state index contributed by atoms with van der Waals surface area (Å²) in [6, 6.07) is 2.03. The number of anilines is 1. The molecule has 0 amide bonds. The second-order valence-corrected chi connectivity index (χ2v) is 3.32. The third-order valence-electron chi connectivity index (χ3n) is 2.20. The van der Waals surface area contributed by atoms with Gasteiger partial charge in [-0.05, 0) is 19.4 Å². The maximum Gasteiger partial charge on any atom is 0.305 e. The summed E-state index contributed by atoms with van der Waals surface area (Å²) in [6.07, 6.45) is -0.0283. The van der Waals surface area contributed by atoms with Crippen molar-refractivity contribution >= 4 is 11.8 Å². The zero-order chi connectivity index (χ0) is 12.1. The molecule has 0 saturated carbocycles. The maximum absolute atomic E-state index is 10.3. The van der Waals surface area contributed by atoms with Crippen LogP contribution >= 0.6 is 0 Å². The molecule has 0 bridgehead atoms. The summed E-state index contributed by atoms with van der Waals surface area (Å²) in [6.45, 7) is 3.77. The van der Waals surface area contributed by atoms with Crippen LogP contribution in [0, 0.1) is 25.2 Å². The Hall–Kier alpha value is -2.16. The summed E-state index contributed by atoms with van der Waals surface area (Å²) in [5.74, 6) is -0.561. The number of nitrogens with zero attached hydrogens (tertiary/aromatic N) is 3. The molecule has 6 heteroatoms. The lowest BCUT2D eigenvalue weighted by Gasteiger charge is -2.08. The predicted molar refractivity (Wildman–Crippen MR) is 57.0 cm³/mol. The van der Waals surface area contributed by atoms with E-state index in [1.165, 1.54) is 0 Å². The van der Waals surface area contributed by atoms with Crippen molar-refractivity contribution in [3.05, 3.63) is 16.8 Å². The number of carboxylic acids is 1. The molecule has 0 unspecified atom stereocenters. The molecule has 0 saturated heterocycles. The van der Waals surface area contributed by atoms with Gasteiger partial charge in [-0.25, -0.2) is 0 Å². The number of carboxylic acid groups (broad SMARTS) is 1. The first-order chi connectivity index (χ1) is 7.56. The Balaban J connectivity index is 2.85. The van der Waals surface area contributed by atoms with Gasteiger partial charge in [-0.2, -0.15) is 10.4 Å². The van der Waals surface area contributed by atoms with E-state index in [9.17, 15) is 4.79 Å². The molecule has 0 atom stereocenters. The smallest absolute Gasteiger partial charge is 0.305 e. The predicted octanol–water partition coefficient (Wildman–Crippen LogP) is 0.852. The van der Waals surface area contributed by atoms with Crippen LogP contribution in [0.2, 0.25) is 0 Å². The number of nitriles is 1. The van der Waals surface area contributed by atoms with Crippen molar-refractivity contribution in [3.63, 3.8) is 0 Å². The number of rotatable bonds is 4. The summed E-state index contributed by atoms with van der Waals surface area (Å²) in [4.78, 5) is 10.3. The molecule has 1 aromatic heterocycles. The summed E-state index contributed by atoms with van der Waals surface area (Å²) in [7, 11) is 0. The summed E-state index contributed by atoms with van der Waals surface area (Å²) in [5.41, 5.74) is 1.87. The van der Waals surface area contributed by atoms with Crippen LogP contribution in [-0.4, -0.2) is 27.8 Å². The van der Waals surface area contributed by atoms with Gasteiger partial charge in [0.2, 0.25) is 0 Å². The van der Waals surface area contributed by atoms with E-state index in [4.69, 9.17) is 10.4 Å². The molecule has 0 aliphatic carbocycles. The van der Waals surface area contributed by atoms with Crippen molar-refractivity contribution in [2.45, 2.75) is 20.3 Å². The SMILES string of the molecule is Cc1nnc(NCCC(=O)O)c(C#N)c1C. The van der Waals surface area contributed by atoms with E-state index in [0.717, 1.165) is 5.56 Å². The Bertz CT molecular complexity index is 451. The van der Waals surface area contributed by atoms with Crippen molar-refractivity contribution in [2.24, 2.45) is 0 Å². The number of nitrogens with one attached hydrogen (secondary N) is 1. The maximum atomic E-state index is 10.3. The van der Waals surface area contributed by atoms with Gasteiger partial charge in [0, 0.05) is 6.54 Å². The van der Waals surface area contributed by atoms with Crippen LogP contribution in [0.25, 0.3) is 0 Å². The fraction of sp³-hybridized carbons (Fsp3) is 0.400. The van der Waals surface area contributed by atoms with Crippen LogP contribution in [0.15, 0.2) is 0 Å². The zero-order valence-corrected chi connectivity index (χ0v) is 9.11. The van der Waals surface area contributed by atoms with Crippen LogP contribution in [-0.2, 0) is 4.79 Å². The highest BCUT2D eigenvalue weighted by atomic mass is 16.4. The Kier molecular flexibility index (Phi) is 3.78. The number of hydrogen-bond acceptors (Lipinski definition) is 5. The molecule has 84 valence electrons. The number of carbonyl (C=O) groups is 1. The molecule has 0 radical (unpaired) electrons.